The van der Waals surface area contributed by atoms with Gasteiger partial charge in [-0.05, 0) is 44.4 Å². The van der Waals surface area contributed by atoms with Crippen molar-refractivity contribution in [2.24, 2.45) is 4.99 Å². The third-order valence-electron chi connectivity index (χ3n) is 3.89. The number of hydrogen-bond donors (Lipinski definition) is 3. The molecule has 0 unspecified atom stereocenters. The molecular weight excluding hydrogens is 507 g/mol. The standard InChI is InChI=1S/C19H34N4O4S.HI/c1-4-27-15-7-13-21-19(20-12-6-14-23-28(24,25)5-2)22-16-17-8-10-18(26-3)11-9-17;/h8-11,23H,4-7,12-16H2,1-3H3,(H2,20,21,22);1H. The summed E-state index contributed by atoms with van der Waals surface area (Å²) in [5, 5.41) is 6.53. The lowest BCUT2D eigenvalue weighted by atomic mass is 10.2. The summed E-state index contributed by atoms with van der Waals surface area (Å²) in [6.45, 7) is 7.31. The highest BCUT2D eigenvalue weighted by Crippen LogP contribution is 2.11. The Bertz CT molecular complexity index is 669. The summed E-state index contributed by atoms with van der Waals surface area (Å²) in [7, 11) is -1.50. The van der Waals surface area contributed by atoms with Gasteiger partial charge in [-0.2, -0.15) is 0 Å². The normalized spacial score (nSPS) is 11.6. The number of nitrogens with zero attached hydrogens (tertiary/aromatic N) is 1. The number of rotatable bonds is 14. The Hall–Kier alpha value is -1.11. The Morgan fingerprint density at radius 3 is 2.28 bits per heavy atom. The van der Waals surface area contributed by atoms with Gasteiger partial charge in [0.15, 0.2) is 5.96 Å². The molecule has 10 heteroatoms. The molecular formula is C19H35IN4O4S. The van der Waals surface area contributed by atoms with Crippen LogP contribution >= 0.6 is 24.0 Å². The van der Waals surface area contributed by atoms with Crippen molar-refractivity contribution in [2.45, 2.75) is 33.2 Å². The minimum Gasteiger partial charge on any atom is -0.497 e. The summed E-state index contributed by atoms with van der Waals surface area (Å²) in [4.78, 5) is 4.60. The molecule has 0 saturated heterocycles. The van der Waals surface area contributed by atoms with E-state index in [0.29, 0.717) is 45.2 Å². The topological polar surface area (TPSA) is 101 Å². The third kappa shape index (κ3) is 13.7. The van der Waals surface area contributed by atoms with Gasteiger partial charge in [-0.1, -0.05) is 12.1 Å². The van der Waals surface area contributed by atoms with Crippen molar-refractivity contribution in [1.29, 1.82) is 0 Å². The summed E-state index contributed by atoms with van der Waals surface area (Å²) in [6, 6.07) is 7.78. The Morgan fingerprint density at radius 2 is 1.69 bits per heavy atom. The fourth-order valence-electron chi connectivity index (χ4n) is 2.23. The van der Waals surface area contributed by atoms with Crippen molar-refractivity contribution in [3.63, 3.8) is 0 Å². The highest BCUT2D eigenvalue weighted by atomic mass is 127. The Balaban J connectivity index is 0.00000784. The van der Waals surface area contributed by atoms with Gasteiger partial charge < -0.3 is 20.1 Å². The minimum atomic E-state index is -3.14. The van der Waals surface area contributed by atoms with Gasteiger partial charge in [-0.25, -0.2) is 18.1 Å². The van der Waals surface area contributed by atoms with Crippen LogP contribution in [0.5, 0.6) is 5.75 Å². The summed E-state index contributed by atoms with van der Waals surface area (Å²) < 4.78 is 36.0. The average molecular weight is 542 g/mol. The quantitative estimate of drug-likeness (QED) is 0.144. The van der Waals surface area contributed by atoms with E-state index < -0.39 is 10.0 Å². The number of ether oxygens (including phenoxy) is 2. The van der Waals surface area contributed by atoms with Gasteiger partial charge in [0.05, 0.1) is 19.4 Å². The molecule has 0 amide bonds. The van der Waals surface area contributed by atoms with Crippen LogP contribution in [0, 0.1) is 0 Å². The lowest BCUT2D eigenvalue weighted by Crippen LogP contribution is -2.39. The Kier molecular flexibility index (Phi) is 16.0. The Labute approximate surface area is 192 Å². The number of guanidine groups is 1. The molecule has 3 N–H and O–H groups in total. The van der Waals surface area contributed by atoms with E-state index in [-0.39, 0.29) is 29.7 Å². The first-order chi connectivity index (χ1) is 13.5. The summed E-state index contributed by atoms with van der Waals surface area (Å²) in [5.74, 6) is 1.61. The maximum atomic E-state index is 11.4. The molecule has 1 aromatic rings. The number of methoxy groups -OCH3 is 1. The number of aliphatic imine (C=N–C) groups is 1. The van der Waals surface area contributed by atoms with E-state index in [1.54, 1.807) is 14.0 Å². The predicted molar refractivity (Wildman–Crippen MR) is 129 cm³/mol. The van der Waals surface area contributed by atoms with E-state index in [9.17, 15) is 8.42 Å². The van der Waals surface area contributed by atoms with Gasteiger partial charge in [-0.3, -0.25) is 0 Å². The second-order valence-electron chi connectivity index (χ2n) is 6.07. The summed E-state index contributed by atoms with van der Waals surface area (Å²) >= 11 is 0. The van der Waals surface area contributed by atoms with Crippen LogP contribution in [0.4, 0.5) is 0 Å². The van der Waals surface area contributed by atoms with Gasteiger partial charge >= 0.3 is 0 Å². The first-order valence-electron chi connectivity index (χ1n) is 9.71. The lowest BCUT2D eigenvalue weighted by molar-refractivity contribution is 0.145. The van der Waals surface area contributed by atoms with E-state index in [0.717, 1.165) is 24.3 Å². The minimum absolute atomic E-state index is 0. The van der Waals surface area contributed by atoms with Crippen molar-refractivity contribution < 1.29 is 17.9 Å². The molecule has 0 radical (unpaired) electrons. The lowest BCUT2D eigenvalue weighted by Gasteiger charge is -2.13. The van der Waals surface area contributed by atoms with Crippen LogP contribution in [-0.4, -0.2) is 60.1 Å². The highest BCUT2D eigenvalue weighted by Gasteiger charge is 2.05. The van der Waals surface area contributed by atoms with E-state index in [4.69, 9.17) is 9.47 Å². The zero-order valence-corrected chi connectivity index (χ0v) is 20.7. The van der Waals surface area contributed by atoms with Gasteiger partial charge in [0.25, 0.3) is 0 Å². The van der Waals surface area contributed by atoms with Crippen molar-refractivity contribution in [1.82, 2.24) is 15.4 Å². The van der Waals surface area contributed by atoms with Crippen LogP contribution in [0.15, 0.2) is 29.3 Å². The molecule has 1 aromatic carbocycles. The smallest absolute Gasteiger partial charge is 0.211 e. The van der Waals surface area contributed by atoms with Crippen LogP contribution in [0.1, 0.15) is 32.3 Å². The van der Waals surface area contributed by atoms with E-state index in [1.807, 2.05) is 31.2 Å². The van der Waals surface area contributed by atoms with Gasteiger partial charge in [0, 0.05) is 32.8 Å². The molecule has 0 bridgehead atoms. The number of hydrogen-bond acceptors (Lipinski definition) is 5. The first-order valence-corrected chi connectivity index (χ1v) is 11.4. The molecule has 8 nitrogen and oxygen atoms in total. The zero-order valence-electron chi connectivity index (χ0n) is 17.6. The van der Waals surface area contributed by atoms with Gasteiger partial charge in [0.1, 0.15) is 5.75 Å². The van der Waals surface area contributed by atoms with Crippen LogP contribution in [-0.2, 0) is 21.3 Å². The van der Waals surface area contributed by atoms with Crippen LogP contribution in [0.25, 0.3) is 0 Å². The maximum Gasteiger partial charge on any atom is 0.211 e. The molecule has 1 rings (SSSR count). The monoisotopic (exact) mass is 542 g/mol. The molecule has 0 heterocycles. The SMILES string of the molecule is CCOCCCNC(=NCc1ccc(OC)cc1)NCCCNS(=O)(=O)CC.I. The predicted octanol–water partition coefficient (Wildman–Crippen LogP) is 2.10. The van der Waals surface area contributed by atoms with E-state index in [1.165, 1.54) is 0 Å². The number of halogens is 1. The second kappa shape index (κ2) is 16.7. The molecule has 0 fully saturated rings. The van der Waals surface area contributed by atoms with Gasteiger partial charge in [-0.15, -0.1) is 24.0 Å². The third-order valence-corrected chi connectivity index (χ3v) is 5.29. The zero-order chi connectivity index (χ0) is 20.7. The fraction of sp³-hybridized carbons (Fsp3) is 0.632. The molecule has 0 aliphatic rings. The molecule has 29 heavy (non-hydrogen) atoms. The first kappa shape index (κ1) is 27.9. The van der Waals surface area contributed by atoms with Crippen molar-refractivity contribution in [3.05, 3.63) is 29.8 Å². The molecule has 168 valence electrons. The van der Waals surface area contributed by atoms with Crippen LogP contribution < -0.4 is 20.1 Å². The van der Waals surface area contributed by atoms with E-state index >= 15 is 0 Å². The maximum absolute atomic E-state index is 11.4. The summed E-state index contributed by atoms with van der Waals surface area (Å²) in [6.07, 6.45) is 1.55. The Morgan fingerprint density at radius 1 is 1.03 bits per heavy atom. The van der Waals surface area contributed by atoms with Crippen molar-refractivity contribution >= 4 is 40.0 Å². The number of benzene rings is 1. The van der Waals surface area contributed by atoms with Crippen LogP contribution in [0.3, 0.4) is 0 Å². The largest absolute Gasteiger partial charge is 0.497 e. The molecule has 0 aromatic heterocycles. The summed E-state index contributed by atoms with van der Waals surface area (Å²) in [5.41, 5.74) is 1.08. The average Bonchev–Trinajstić information content (AvgIpc) is 2.71. The second-order valence-corrected chi connectivity index (χ2v) is 8.16. The molecule has 0 aliphatic heterocycles. The van der Waals surface area contributed by atoms with Crippen molar-refractivity contribution in [2.75, 3.05) is 45.7 Å². The highest BCUT2D eigenvalue weighted by molar-refractivity contribution is 14.0. The number of nitrogens with one attached hydrogen (secondary N) is 3. The van der Waals surface area contributed by atoms with Gasteiger partial charge in [0.2, 0.25) is 10.0 Å². The number of sulfonamides is 1. The van der Waals surface area contributed by atoms with Crippen LogP contribution in [0.2, 0.25) is 0 Å². The molecule has 0 aliphatic carbocycles. The van der Waals surface area contributed by atoms with Crippen molar-refractivity contribution in [3.8, 4) is 5.75 Å². The molecule has 0 spiro atoms. The molecule has 0 atom stereocenters. The molecule has 0 saturated carbocycles. The fourth-order valence-corrected chi connectivity index (χ4v) is 2.89. The van der Waals surface area contributed by atoms with E-state index in [2.05, 4.69) is 20.3 Å².